The van der Waals surface area contributed by atoms with Gasteiger partial charge in [-0.05, 0) is 18.9 Å². The molecule has 0 unspecified atom stereocenters. The molecular weight excluding hydrogens is 222 g/mol. The zero-order valence-electron chi connectivity index (χ0n) is 9.89. The van der Waals surface area contributed by atoms with Gasteiger partial charge >= 0.3 is 0 Å². The molecule has 94 valence electrons. The molecule has 1 N–H and O–H groups in total. The Labute approximate surface area is 100 Å². The first-order valence-electron chi connectivity index (χ1n) is 5.66. The molecule has 0 atom stereocenters. The highest BCUT2D eigenvalue weighted by atomic mass is 16.6. The van der Waals surface area contributed by atoms with E-state index in [1.807, 2.05) is 0 Å². The molecule has 0 aliphatic heterocycles. The predicted molar refractivity (Wildman–Crippen MR) is 65.1 cm³/mol. The average Bonchev–Trinajstić information content (AvgIpc) is 2.34. The first-order chi connectivity index (χ1) is 8.24. The first-order valence-corrected chi connectivity index (χ1v) is 5.66. The maximum absolute atomic E-state index is 10.4. The minimum Gasteiger partial charge on any atom is -0.381 e. The van der Waals surface area contributed by atoms with Crippen molar-refractivity contribution < 1.29 is 9.66 Å². The van der Waals surface area contributed by atoms with Crippen molar-refractivity contribution in [2.24, 2.45) is 0 Å². The summed E-state index contributed by atoms with van der Waals surface area (Å²) in [7, 11) is 0. The molecule has 1 aromatic rings. The monoisotopic (exact) mass is 239 g/mol. The van der Waals surface area contributed by atoms with Gasteiger partial charge in [-0.2, -0.15) is 0 Å². The van der Waals surface area contributed by atoms with Gasteiger partial charge in [0.1, 0.15) is 12.0 Å². The fourth-order valence-corrected chi connectivity index (χ4v) is 1.24. The first kappa shape index (κ1) is 13.4. The molecule has 0 saturated heterocycles. The van der Waals surface area contributed by atoms with Crippen LogP contribution in [0.4, 0.5) is 11.5 Å². The number of hydrogen-bond donors (Lipinski definition) is 1. The predicted octanol–water partition coefficient (Wildman–Crippen LogP) is 2.22. The Morgan fingerprint density at radius 1 is 1.47 bits per heavy atom. The molecule has 1 heterocycles. The van der Waals surface area contributed by atoms with Crippen molar-refractivity contribution in [3.8, 4) is 0 Å². The van der Waals surface area contributed by atoms with Gasteiger partial charge in [0.2, 0.25) is 0 Å². The second-order valence-electron chi connectivity index (χ2n) is 3.55. The molecule has 6 heteroatoms. The maximum Gasteiger partial charge on any atom is 0.287 e. The largest absolute Gasteiger partial charge is 0.381 e. The molecular formula is C11H17N3O3. The van der Waals surface area contributed by atoms with E-state index in [4.69, 9.17) is 4.74 Å². The van der Waals surface area contributed by atoms with Crippen LogP contribution in [0.2, 0.25) is 0 Å². The van der Waals surface area contributed by atoms with Gasteiger partial charge in [-0.25, -0.2) is 4.98 Å². The second kappa shape index (κ2) is 7.56. The highest BCUT2D eigenvalue weighted by Crippen LogP contribution is 2.11. The zero-order valence-corrected chi connectivity index (χ0v) is 9.89. The lowest BCUT2D eigenvalue weighted by molar-refractivity contribution is -0.385. The van der Waals surface area contributed by atoms with Gasteiger partial charge < -0.3 is 10.1 Å². The van der Waals surface area contributed by atoms with E-state index < -0.39 is 4.92 Å². The molecule has 1 aromatic heterocycles. The Morgan fingerprint density at radius 3 is 2.88 bits per heavy atom. The van der Waals surface area contributed by atoms with Crippen LogP contribution in [0.1, 0.15) is 19.8 Å². The van der Waals surface area contributed by atoms with Gasteiger partial charge in [0.25, 0.3) is 5.69 Å². The number of nitrogens with zero attached hydrogens (tertiary/aromatic N) is 2. The number of anilines is 1. The van der Waals surface area contributed by atoms with E-state index in [0.29, 0.717) is 12.4 Å². The lowest BCUT2D eigenvalue weighted by Crippen LogP contribution is -2.07. The fourth-order valence-electron chi connectivity index (χ4n) is 1.24. The molecule has 0 fully saturated rings. The van der Waals surface area contributed by atoms with Crippen LogP contribution in [0.25, 0.3) is 0 Å². The van der Waals surface area contributed by atoms with Crippen molar-refractivity contribution in [2.45, 2.75) is 19.8 Å². The van der Waals surface area contributed by atoms with Crippen LogP contribution in [0, 0.1) is 10.1 Å². The molecule has 0 aliphatic carbocycles. The Hall–Kier alpha value is -1.69. The van der Waals surface area contributed by atoms with Crippen LogP contribution < -0.4 is 5.32 Å². The number of nitrogens with one attached hydrogen (secondary N) is 1. The minimum atomic E-state index is -0.463. The quantitative estimate of drug-likeness (QED) is 0.427. The lowest BCUT2D eigenvalue weighted by Gasteiger charge is -2.05. The highest BCUT2D eigenvalue weighted by Gasteiger charge is 2.04. The average molecular weight is 239 g/mol. The van der Waals surface area contributed by atoms with E-state index in [0.717, 1.165) is 26.0 Å². The lowest BCUT2D eigenvalue weighted by atomic mass is 10.4. The van der Waals surface area contributed by atoms with Crippen molar-refractivity contribution in [3.63, 3.8) is 0 Å². The second-order valence-corrected chi connectivity index (χ2v) is 3.55. The molecule has 17 heavy (non-hydrogen) atoms. The Kier molecular flexibility index (Phi) is 5.95. The van der Waals surface area contributed by atoms with Crippen molar-refractivity contribution in [3.05, 3.63) is 28.4 Å². The summed E-state index contributed by atoms with van der Waals surface area (Å²) in [5.74, 6) is 0.645. The maximum atomic E-state index is 10.4. The van der Waals surface area contributed by atoms with Crippen molar-refractivity contribution in [2.75, 3.05) is 25.1 Å². The van der Waals surface area contributed by atoms with Crippen LogP contribution in [-0.4, -0.2) is 29.7 Å². The van der Waals surface area contributed by atoms with Gasteiger partial charge in [-0.3, -0.25) is 10.1 Å². The number of ether oxygens (including phenoxy) is 1. The molecule has 0 aromatic carbocycles. The third kappa shape index (κ3) is 5.26. The fraction of sp³-hybridized carbons (Fsp3) is 0.545. The van der Waals surface area contributed by atoms with E-state index in [2.05, 4.69) is 17.2 Å². The summed E-state index contributed by atoms with van der Waals surface area (Å²) in [5, 5.41) is 13.5. The zero-order chi connectivity index (χ0) is 12.5. The van der Waals surface area contributed by atoms with Crippen LogP contribution in [0.3, 0.4) is 0 Å². The molecule has 0 saturated carbocycles. The van der Waals surface area contributed by atoms with E-state index in [1.165, 1.54) is 12.3 Å². The number of hydrogen-bond acceptors (Lipinski definition) is 5. The summed E-state index contributed by atoms with van der Waals surface area (Å²) in [5.41, 5.74) is 0.00169. The van der Waals surface area contributed by atoms with E-state index in [9.17, 15) is 10.1 Å². The highest BCUT2D eigenvalue weighted by molar-refractivity contribution is 5.39. The van der Waals surface area contributed by atoms with Gasteiger partial charge in [0.15, 0.2) is 0 Å². The number of aromatic nitrogens is 1. The topological polar surface area (TPSA) is 77.3 Å². The van der Waals surface area contributed by atoms with E-state index in [-0.39, 0.29) is 5.69 Å². The number of pyridine rings is 1. The molecule has 0 aliphatic rings. The summed E-state index contributed by atoms with van der Waals surface area (Å²) in [6.45, 7) is 4.32. The summed E-state index contributed by atoms with van der Waals surface area (Å²) in [6, 6.07) is 3.04. The standard InChI is InChI=1S/C11H17N3O3/c1-2-7-17-8-3-6-12-11-5-4-10(9-13-11)14(15)16/h4-5,9H,2-3,6-8H2,1H3,(H,12,13). The SMILES string of the molecule is CCCOCCCNc1ccc([N+](=O)[O-])cn1. The van der Waals surface area contributed by atoms with Crippen LogP contribution in [-0.2, 0) is 4.74 Å². The molecule has 0 bridgehead atoms. The van der Waals surface area contributed by atoms with Gasteiger partial charge in [-0.15, -0.1) is 0 Å². The molecule has 0 spiro atoms. The van der Waals surface area contributed by atoms with Crippen molar-refractivity contribution >= 4 is 11.5 Å². The minimum absolute atomic E-state index is 0.00169. The smallest absolute Gasteiger partial charge is 0.287 e. The number of rotatable bonds is 8. The van der Waals surface area contributed by atoms with Gasteiger partial charge in [0.05, 0.1) is 4.92 Å². The Bertz CT molecular complexity index is 340. The summed E-state index contributed by atoms with van der Waals surface area (Å²) in [4.78, 5) is 13.9. The van der Waals surface area contributed by atoms with Gasteiger partial charge in [0, 0.05) is 25.8 Å². The molecule has 0 amide bonds. The summed E-state index contributed by atoms with van der Waals surface area (Å²) < 4.78 is 5.32. The van der Waals surface area contributed by atoms with E-state index in [1.54, 1.807) is 6.07 Å². The van der Waals surface area contributed by atoms with Crippen LogP contribution in [0.5, 0.6) is 0 Å². The van der Waals surface area contributed by atoms with Gasteiger partial charge in [-0.1, -0.05) is 6.92 Å². The Balaban J connectivity index is 2.21. The number of nitro groups is 1. The summed E-state index contributed by atoms with van der Waals surface area (Å²) in [6.07, 6.45) is 3.16. The third-order valence-electron chi connectivity index (χ3n) is 2.08. The molecule has 6 nitrogen and oxygen atoms in total. The normalized spacial score (nSPS) is 10.2. The van der Waals surface area contributed by atoms with Crippen LogP contribution >= 0.6 is 0 Å². The molecule has 1 rings (SSSR count). The van der Waals surface area contributed by atoms with Crippen LogP contribution in [0.15, 0.2) is 18.3 Å². The third-order valence-corrected chi connectivity index (χ3v) is 2.08. The van der Waals surface area contributed by atoms with E-state index >= 15 is 0 Å². The van der Waals surface area contributed by atoms with Crippen molar-refractivity contribution in [1.82, 2.24) is 4.98 Å². The molecule has 0 radical (unpaired) electrons. The van der Waals surface area contributed by atoms with Crippen molar-refractivity contribution in [1.29, 1.82) is 0 Å². The Morgan fingerprint density at radius 2 is 2.29 bits per heavy atom. The summed E-state index contributed by atoms with van der Waals surface area (Å²) >= 11 is 0.